The maximum Gasteiger partial charge on any atom is 0.416 e. The molecule has 0 saturated carbocycles. The van der Waals surface area contributed by atoms with Crippen molar-refractivity contribution < 1.29 is 32.7 Å². The number of carbonyl (C=O) groups excluding carboxylic acids is 2. The number of rotatable bonds is 4. The van der Waals surface area contributed by atoms with Crippen LogP contribution in [0.1, 0.15) is 36.7 Å². The third-order valence-corrected chi connectivity index (χ3v) is 3.49. The maximum atomic E-state index is 13.0. The van der Waals surface area contributed by atoms with Gasteiger partial charge in [-0.25, -0.2) is 4.79 Å². The van der Waals surface area contributed by atoms with E-state index in [0.717, 1.165) is 17.9 Å². The number of amides is 2. The molecular formula is C15H17F3N2O4. The molecular weight excluding hydrogens is 329 g/mol. The molecule has 0 heterocycles. The molecule has 9 heteroatoms. The van der Waals surface area contributed by atoms with Crippen LogP contribution in [0.3, 0.4) is 0 Å². The van der Waals surface area contributed by atoms with Crippen molar-refractivity contribution >= 4 is 23.5 Å². The van der Waals surface area contributed by atoms with Gasteiger partial charge in [-0.3, -0.25) is 9.59 Å². The summed E-state index contributed by atoms with van der Waals surface area (Å²) in [5.41, 5.74) is -3.34. The Morgan fingerprint density at radius 2 is 1.67 bits per heavy atom. The zero-order valence-corrected chi connectivity index (χ0v) is 13.5. The minimum atomic E-state index is -4.73. The zero-order valence-electron chi connectivity index (χ0n) is 13.5. The normalized spacial score (nSPS) is 11.8. The molecule has 0 radical (unpaired) electrons. The van der Waals surface area contributed by atoms with Crippen LogP contribution >= 0.6 is 0 Å². The van der Waals surface area contributed by atoms with Gasteiger partial charge in [0.2, 0.25) is 5.91 Å². The molecule has 0 aliphatic heterocycles. The van der Waals surface area contributed by atoms with Gasteiger partial charge in [0.05, 0.1) is 5.56 Å². The Labute approximate surface area is 136 Å². The lowest BCUT2D eigenvalue weighted by Crippen LogP contribution is -2.50. The van der Waals surface area contributed by atoms with Gasteiger partial charge >= 0.3 is 12.1 Å². The summed E-state index contributed by atoms with van der Waals surface area (Å²) in [6, 6.07) is 2.37. The first-order valence-corrected chi connectivity index (χ1v) is 6.78. The smallest absolute Gasteiger partial charge is 0.416 e. The van der Waals surface area contributed by atoms with Crippen molar-refractivity contribution in [1.29, 1.82) is 0 Å². The van der Waals surface area contributed by atoms with E-state index >= 15 is 0 Å². The average molecular weight is 346 g/mol. The third-order valence-electron chi connectivity index (χ3n) is 3.49. The van der Waals surface area contributed by atoms with Crippen molar-refractivity contribution in [1.82, 2.24) is 4.90 Å². The van der Waals surface area contributed by atoms with E-state index in [1.54, 1.807) is 0 Å². The van der Waals surface area contributed by atoms with Gasteiger partial charge in [-0.05, 0) is 32.0 Å². The van der Waals surface area contributed by atoms with Crippen LogP contribution in [-0.4, -0.2) is 40.4 Å². The van der Waals surface area contributed by atoms with E-state index in [2.05, 4.69) is 5.32 Å². The number of likely N-dealkylation sites (N-methyl/N-ethyl adjacent to an activating group) is 1. The Morgan fingerprint density at radius 1 is 1.12 bits per heavy atom. The molecule has 0 atom stereocenters. The molecule has 2 N–H and O–H groups in total. The Bertz CT molecular complexity index is 684. The first kappa shape index (κ1) is 19.5. The second-order valence-electron chi connectivity index (χ2n) is 5.71. The predicted molar refractivity (Wildman–Crippen MR) is 79.6 cm³/mol. The summed E-state index contributed by atoms with van der Waals surface area (Å²) in [4.78, 5) is 35.5. The molecule has 0 aromatic heterocycles. The van der Waals surface area contributed by atoms with Gasteiger partial charge in [0, 0.05) is 25.2 Å². The minimum absolute atomic E-state index is 0.206. The lowest BCUT2D eigenvalue weighted by molar-refractivity contribution is -0.147. The molecule has 0 unspecified atom stereocenters. The first-order chi connectivity index (χ1) is 10.8. The van der Waals surface area contributed by atoms with E-state index in [1.165, 1.54) is 20.9 Å². The van der Waals surface area contributed by atoms with Crippen molar-refractivity contribution in [2.24, 2.45) is 0 Å². The number of aliphatic carboxylic acids is 1. The lowest BCUT2D eigenvalue weighted by Gasteiger charge is -2.31. The van der Waals surface area contributed by atoms with Crippen LogP contribution in [-0.2, 0) is 15.8 Å². The number of benzene rings is 1. The van der Waals surface area contributed by atoms with Crippen LogP contribution < -0.4 is 5.32 Å². The van der Waals surface area contributed by atoms with Crippen LogP contribution in [0.25, 0.3) is 0 Å². The topological polar surface area (TPSA) is 86.7 Å². The quantitative estimate of drug-likeness (QED) is 0.877. The molecule has 0 aliphatic rings. The summed E-state index contributed by atoms with van der Waals surface area (Å²) in [7, 11) is 1.18. The number of halogens is 3. The molecule has 1 rings (SSSR count). The number of alkyl halides is 3. The number of hydrogen-bond acceptors (Lipinski definition) is 3. The van der Waals surface area contributed by atoms with Crippen molar-refractivity contribution in [3.63, 3.8) is 0 Å². The number of carbonyl (C=O) groups is 3. The van der Waals surface area contributed by atoms with Gasteiger partial charge < -0.3 is 15.3 Å². The second-order valence-corrected chi connectivity index (χ2v) is 5.71. The van der Waals surface area contributed by atoms with Gasteiger partial charge in [-0.2, -0.15) is 13.2 Å². The van der Waals surface area contributed by atoms with E-state index in [0.29, 0.717) is 12.1 Å². The second kappa shape index (κ2) is 6.50. The summed E-state index contributed by atoms with van der Waals surface area (Å²) in [5.74, 6) is -2.83. The molecule has 2 amide bonds. The highest BCUT2D eigenvalue weighted by Crippen LogP contribution is 2.32. The molecule has 0 fully saturated rings. The van der Waals surface area contributed by atoms with Gasteiger partial charge in [0.25, 0.3) is 5.91 Å². The van der Waals surface area contributed by atoms with Crippen LogP contribution in [0.15, 0.2) is 18.2 Å². The van der Waals surface area contributed by atoms with E-state index in [4.69, 9.17) is 5.11 Å². The van der Waals surface area contributed by atoms with Gasteiger partial charge in [0.15, 0.2) is 0 Å². The predicted octanol–water partition coefficient (Wildman–Crippen LogP) is 2.60. The maximum absolute atomic E-state index is 13.0. The third kappa shape index (κ3) is 4.24. The molecule has 1 aromatic rings. The van der Waals surface area contributed by atoms with Crippen LogP contribution in [0.4, 0.5) is 18.9 Å². The van der Waals surface area contributed by atoms with Crippen LogP contribution in [0, 0.1) is 0 Å². The molecule has 0 saturated heterocycles. The highest BCUT2D eigenvalue weighted by atomic mass is 19.4. The van der Waals surface area contributed by atoms with E-state index in [1.807, 2.05) is 0 Å². The minimum Gasteiger partial charge on any atom is -0.480 e. The van der Waals surface area contributed by atoms with Gasteiger partial charge in [0.1, 0.15) is 5.54 Å². The van der Waals surface area contributed by atoms with E-state index < -0.39 is 35.1 Å². The van der Waals surface area contributed by atoms with Crippen LogP contribution in [0.5, 0.6) is 0 Å². The summed E-state index contributed by atoms with van der Waals surface area (Å²) in [6.45, 7) is 3.60. The Balaban J connectivity index is 3.39. The monoisotopic (exact) mass is 346 g/mol. The highest BCUT2D eigenvalue weighted by Gasteiger charge is 2.37. The van der Waals surface area contributed by atoms with Crippen molar-refractivity contribution in [2.75, 3.05) is 12.4 Å². The number of hydrogen-bond donors (Lipinski definition) is 2. The number of nitrogens with one attached hydrogen (secondary N) is 1. The molecule has 132 valence electrons. The largest absolute Gasteiger partial charge is 0.480 e. The van der Waals surface area contributed by atoms with Gasteiger partial charge in [-0.15, -0.1) is 0 Å². The summed E-state index contributed by atoms with van der Waals surface area (Å²) < 4.78 is 38.9. The average Bonchev–Trinajstić information content (AvgIpc) is 2.43. The number of carboxylic acids is 1. The zero-order chi connectivity index (χ0) is 18.9. The number of nitrogens with zero attached hydrogens (tertiary/aromatic N) is 1. The molecule has 0 bridgehead atoms. The summed E-state index contributed by atoms with van der Waals surface area (Å²) >= 11 is 0. The number of carboxylic acid groups (broad SMARTS) is 1. The highest BCUT2D eigenvalue weighted by molar-refractivity contribution is 5.99. The molecule has 0 aliphatic carbocycles. The Hall–Kier alpha value is -2.58. The van der Waals surface area contributed by atoms with Crippen molar-refractivity contribution in [3.8, 4) is 0 Å². The fraction of sp³-hybridized carbons (Fsp3) is 0.400. The van der Waals surface area contributed by atoms with Crippen molar-refractivity contribution in [3.05, 3.63) is 29.3 Å². The fourth-order valence-corrected chi connectivity index (χ4v) is 1.78. The number of anilines is 1. The van der Waals surface area contributed by atoms with E-state index in [9.17, 15) is 27.6 Å². The molecule has 6 nitrogen and oxygen atoms in total. The molecule has 24 heavy (non-hydrogen) atoms. The first-order valence-electron chi connectivity index (χ1n) is 6.78. The van der Waals surface area contributed by atoms with E-state index in [-0.39, 0.29) is 11.3 Å². The Morgan fingerprint density at radius 3 is 2.08 bits per heavy atom. The standard InChI is InChI=1S/C15H17F3N2O4/c1-8(21)19-11-6-9(5-10(7-11)15(16,17)18)12(22)20(4)14(2,3)13(23)24/h5-7H,1-4H3,(H,19,21)(H,23,24). The summed E-state index contributed by atoms with van der Waals surface area (Å²) in [5, 5.41) is 11.3. The van der Waals surface area contributed by atoms with Crippen molar-refractivity contribution in [2.45, 2.75) is 32.5 Å². The Kier molecular flexibility index (Phi) is 5.27. The SMILES string of the molecule is CC(=O)Nc1cc(C(=O)N(C)C(C)(C)C(=O)O)cc(C(F)(F)F)c1. The van der Waals surface area contributed by atoms with Crippen LogP contribution in [0.2, 0.25) is 0 Å². The lowest BCUT2D eigenvalue weighted by atomic mass is 10.0. The van der Waals surface area contributed by atoms with Gasteiger partial charge in [-0.1, -0.05) is 0 Å². The molecule has 1 aromatic carbocycles. The molecule has 0 spiro atoms. The fourth-order valence-electron chi connectivity index (χ4n) is 1.78. The summed E-state index contributed by atoms with van der Waals surface area (Å²) in [6.07, 6.45) is -4.73.